The number of nitrogens with zero attached hydrogens (tertiary/aromatic N) is 3. The van der Waals surface area contributed by atoms with Gasteiger partial charge in [0.15, 0.2) is 17.2 Å². The van der Waals surface area contributed by atoms with Crippen LogP contribution in [0.2, 0.25) is 0 Å². The second-order valence-electron chi connectivity index (χ2n) is 11.1. The lowest BCUT2D eigenvalue weighted by atomic mass is 10.0. The highest BCUT2D eigenvalue weighted by Crippen LogP contribution is 2.35. The van der Waals surface area contributed by atoms with Gasteiger partial charge in [-0.2, -0.15) is 0 Å². The number of carbonyl (C=O) groups is 3. The smallest absolute Gasteiger partial charge is 0.272 e. The molecule has 10 heteroatoms. The molecule has 0 radical (unpaired) electrons. The molecule has 2 aromatic carbocycles. The third-order valence-corrected chi connectivity index (χ3v) is 8.58. The molecule has 2 N–H and O–H groups in total. The number of fused-ring (bicyclic) bond motifs is 3. The Morgan fingerprint density at radius 1 is 1.00 bits per heavy atom. The van der Waals surface area contributed by atoms with E-state index in [2.05, 4.69) is 10.6 Å². The third kappa shape index (κ3) is 4.85. The Morgan fingerprint density at radius 2 is 1.71 bits per heavy atom. The third-order valence-electron chi connectivity index (χ3n) is 8.58. The zero-order valence-electron chi connectivity index (χ0n) is 23.9. The number of Topliss-reactive ketones (excluding diaryl/α,β-unsaturated/α-hetero) is 1. The van der Waals surface area contributed by atoms with Gasteiger partial charge in [0, 0.05) is 37.1 Å². The van der Waals surface area contributed by atoms with Gasteiger partial charge in [0.25, 0.3) is 11.5 Å². The number of ketones is 1. The number of hydrogen-bond donors (Lipinski definition) is 2. The quantitative estimate of drug-likeness (QED) is 0.331. The zero-order valence-corrected chi connectivity index (χ0v) is 23.9. The monoisotopic (exact) mass is 569 g/mol. The number of para-hydroxylation sites is 1. The molecule has 0 bridgehead atoms. The average Bonchev–Trinajstić information content (AvgIpc) is 3.66. The van der Waals surface area contributed by atoms with E-state index in [1.54, 1.807) is 35.9 Å². The van der Waals surface area contributed by atoms with Crippen LogP contribution >= 0.6 is 0 Å². The number of aryl methyl sites for hydroxylation is 1. The molecule has 0 saturated carbocycles. The van der Waals surface area contributed by atoms with Crippen LogP contribution in [0, 0.1) is 0 Å². The van der Waals surface area contributed by atoms with Crippen molar-refractivity contribution in [2.75, 3.05) is 26.7 Å². The fraction of sp³-hybridized carbons (Fsp3) is 0.375. The fourth-order valence-corrected chi connectivity index (χ4v) is 6.41. The first-order valence-corrected chi connectivity index (χ1v) is 14.5. The van der Waals surface area contributed by atoms with Crippen LogP contribution in [-0.2, 0) is 18.4 Å². The van der Waals surface area contributed by atoms with E-state index in [4.69, 9.17) is 4.74 Å². The van der Waals surface area contributed by atoms with Crippen LogP contribution in [0.25, 0.3) is 21.8 Å². The lowest BCUT2D eigenvalue weighted by Crippen LogP contribution is -2.50. The number of piperidine rings is 1. The second kappa shape index (κ2) is 11.4. The molecule has 2 aromatic heterocycles. The van der Waals surface area contributed by atoms with Crippen LogP contribution in [0.4, 0.5) is 0 Å². The van der Waals surface area contributed by atoms with E-state index < -0.39 is 5.56 Å². The summed E-state index contributed by atoms with van der Waals surface area (Å²) >= 11 is 0. The van der Waals surface area contributed by atoms with Crippen molar-refractivity contribution < 1.29 is 19.1 Å². The van der Waals surface area contributed by atoms with Gasteiger partial charge >= 0.3 is 0 Å². The molecule has 218 valence electrons. The zero-order chi connectivity index (χ0) is 29.4. The van der Waals surface area contributed by atoms with E-state index in [1.807, 2.05) is 35.2 Å². The number of ether oxygens (including phenoxy) is 1. The van der Waals surface area contributed by atoms with Crippen LogP contribution in [0.15, 0.2) is 59.4 Å². The Bertz CT molecular complexity index is 1730. The summed E-state index contributed by atoms with van der Waals surface area (Å²) in [7, 11) is 3.20. The maximum absolute atomic E-state index is 14.0. The van der Waals surface area contributed by atoms with Crippen molar-refractivity contribution in [3.05, 3.63) is 76.2 Å². The minimum atomic E-state index is -0.396. The van der Waals surface area contributed by atoms with Gasteiger partial charge in [-0.3, -0.25) is 23.7 Å². The number of pyridine rings is 1. The molecule has 2 fully saturated rings. The molecule has 2 aliphatic heterocycles. The molecule has 2 saturated heterocycles. The van der Waals surface area contributed by atoms with Crippen molar-refractivity contribution in [2.45, 2.75) is 44.3 Å². The van der Waals surface area contributed by atoms with Crippen LogP contribution in [-0.4, -0.2) is 70.5 Å². The minimum absolute atomic E-state index is 0.0990. The molecular formula is C32H35N5O5. The van der Waals surface area contributed by atoms with Crippen molar-refractivity contribution in [1.29, 1.82) is 0 Å². The minimum Gasteiger partial charge on any atom is -0.493 e. The van der Waals surface area contributed by atoms with E-state index in [9.17, 15) is 19.2 Å². The van der Waals surface area contributed by atoms with Gasteiger partial charge in [-0.15, -0.1) is 0 Å². The molecule has 10 nitrogen and oxygen atoms in total. The average molecular weight is 570 g/mol. The Morgan fingerprint density at radius 3 is 2.40 bits per heavy atom. The number of hydrogen-bond acceptors (Lipinski definition) is 6. The molecule has 6 rings (SSSR count). The lowest BCUT2D eigenvalue weighted by molar-refractivity contribution is -0.134. The van der Waals surface area contributed by atoms with Crippen molar-refractivity contribution in [3.8, 4) is 5.75 Å². The first-order valence-electron chi connectivity index (χ1n) is 14.5. The predicted octanol–water partition coefficient (Wildman–Crippen LogP) is 2.86. The number of aromatic nitrogens is 2. The molecule has 4 heterocycles. The van der Waals surface area contributed by atoms with E-state index >= 15 is 0 Å². The predicted molar refractivity (Wildman–Crippen MR) is 160 cm³/mol. The molecule has 1 atom stereocenters. The molecule has 4 aromatic rings. The number of methoxy groups -OCH3 is 1. The highest BCUT2D eigenvalue weighted by Gasteiger charge is 2.32. The van der Waals surface area contributed by atoms with E-state index in [1.165, 1.54) is 11.7 Å². The topological polar surface area (TPSA) is 115 Å². The highest BCUT2D eigenvalue weighted by atomic mass is 16.5. The maximum atomic E-state index is 14.0. The summed E-state index contributed by atoms with van der Waals surface area (Å²) in [5.41, 5.74) is 1.54. The first-order chi connectivity index (χ1) is 20.4. The summed E-state index contributed by atoms with van der Waals surface area (Å²) in [4.78, 5) is 55.6. The van der Waals surface area contributed by atoms with Crippen molar-refractivity contribution >= 4 is 39.4 Å². The van der Waals surface area contributed by atoms with E-state index in [-0.39, 0.29) is 53.1 Å². The van der Waals surface area contributed by atoms with Gasteiger partial charge < -0.3 is 24.8 Å². The molecular weight excluding hydrogens is 534 g/mol. The Hall–Kier alpha value is -4.44. The number of nitrogens with one attached hydrogen (secondary N) is 2. The standard InChI is InChI=1S/C32H35N5O5/c1-35-27-22-11-6-7-13-24(22)37(19-25(38)20-9-4-3-5-10-20)32(41)26(27)29(42-2)28(35)30(39)34-21-14-17-36(18-15-21)31(40)23-12-8-16-33-23/h3-7,9-11,13,21,23,33H,8,12,14-19H2,1-2H3,(H,34,39)/t23-/m1/s1. The van der Waals surface area contributed by atoms with Crippen LogP contribution < -0.4 is 20.9 Å². The SMILES string of the molecule is COc1c(C(=O)NC2CCN(C(=O)[C@H]3CCCN3)CC2)n(C)c2c1c(=O)n(CC(=O)c1ccccc1)c1ccccc21. The van der Waals surface area contributed by atoms with Crippen LogP contribution in [0.1, 0.15) is 46.5 Å². The lowest BCUT2D eigenvalue weighted by Gasteiger charge is -2.34. The number of amides is 2. The first kappa shape index (κ1) is 27.7. The highest BCUT2D eigenvalue weighted by molar-refractivity contribution is 6.12. The van der Waals surface area contributed by atoms with E-state index in [0.29, 0.717) is 42.5 Å². The number of carbonyl (C=O) groups excluding carboxylic acids is 3. The van der Waals surface area contributed by atoms with Crippen molar-refractivity contribution in [1.82, 2.24) is 24.7 Å². The summed E-state index contributed by atoms with van der Waals surface area (Å²) in [5.74, 6) is -0.213. The molecule has 42 heavy (non-hydrogen) atoms. The second-order valence-corrected chi connectivity index (χ2v) is 11.1. The van der Waals surface area contributed by atoms with Gasteiger partial charge in [0.05, 0.1) is 30.7 Å². The molecule has 0 spiro atoms. The largest absolute Gasteiger partial charge is 0.493 e. The molecule has 2 amide bonds. The summed E-state index contributed by atoms with van der Waals surface area (Å²) in [6.07, 6.45) is 3.17. The number of benzene rings is 2. The summed E-state index contributed by atoms with van der Waals surface area (Å²) in [6.45, 7) is 1.89. The summed E-state index contributed by atoms with van der Waals surface area (Å²) in [6, 6.07) is 16.0. The van der Waals surface area contributed by atoms with Crippen LogP contribution in [0.5, 0.6) is 5.75 Å². The molecule has 2 aliphatic rings. The van der Waals surface area contributed by atoms with Crippen molar-refractivity contribution in [3.63, 3.8) is 0 Å². The van der Waals surface area contributed by atoms with Gasteiger partial charge in [-0.05, 0) is 38.3 Å². The van der Waals surface area contributed by atoms with Gasteiger partial charge in [0.2, 0.25) is 5.91 Å². The number of likely N-dealkylation sites (tertiary alicyclic amines) is 1. The fourth-order valence-electron chi connectivity index (χ4n) is 6.41. The summed E-state index contributed by atoms with van der Waals surface area (Å²) < 4.78 is 8.90. The van der Waals surface area contributed by atoms with Gasteiger partial charge in [-0.25, -0.2) is 0 Å². The maximum Gasteiger partial charge on any atom is 0.272 e. The number of rotatable bonds is 7. The Balaban J connectivity index is 1.32. The normalized spacial score (nSPS) is 17.6. The van der Waals surface area contributed by atoms with Gasteiger partial charge in [-0.1, -0.05) is 48.5 Å². The summed E-state index contributed by atoms with van der Waals surface area (Å²) in [5, 5.41) is 7.38. The van der Waals surface area contributed by atoms with Crippen LogP contribution in [0.3, 0.4) is 0 Å². The Labute approximate surface area is 243 Å². The Kier molecular flexibility index (Phi) is 7.55. The molecule has 0 unspecified atom stereocenters. The van der Waals surface area contributed by atoms with Crippen molar-refractivity contribution in [2.24, 2.45) is 7.05 Å². The van der Waals surface area contributed by atoms with Gasteiger partial charge in [0.1, 0.15) is 5.39 Å². The van der Waals surface area contributed by atoms with E-state index in [0.717, 1.165) is 24.8 Å². The molecule has 0 aliphatic carbocycles.